The smallest absolute Gasteiger partial charge is 0.154 e. The van der Waals surface area contributed by atoms with Crippen LogP contribution in [0.25, 0.3) is 0 Å². The van der Waals surface area contributed by atoms with Gasteiger partial charge in [0.2, 0.25) is 0 Å². The molecule has 0 spiro atoms. The Morgan fingerprint density at radius 2 is 2.08 bits per heavy atom. The molecule has 1 aromatic rings. The standard InChI is InChI=1S/C11H11NO/c1-9(11(13)7-8-12)10-5-3-2-4-6-10/h2-6,9H,7H2,1H3. The highest BCUT2D eigenvalue weighted by Gasteiger charge is 2.13. The molecule has 1 atom stereocenters. The molecule has 0 heterocycles. The third-order valence-electron chi connectivity index (χ3n) is 2.04. The lowest BCUT2D eigenvalue weighted by Crippen LogP contribution is -2.07. The largest absolute Gasteiger partial charge is 0.298 e. The van der Waals surface area contributed by atoms with Crippen molar-refractivity contribution in [3.8, 4) is 6.07 Å². The number of hydrogen-bond acceptors (Lipinski definition) is 2. The van der Waals surface area contributed by atoms with Gasteiger partial charge in [-0.1, -0.05) is 37.3 Å². The average Bonchev–Trinajstić information content (AvgIpc) is 2.18. The van der Waals surface area contributed by atoms with Gasteiger partial charge in [-0.15, -0.1) is 0 Å². The quantitative estimate of drug-likeness (QED) is 0.703. The Balaban J connectivity index is 2.75. The van der Waals surface area contributed by atoms with E-state index in [9.17, 15) is 4.79 Å². The summed E-state index contributed by atoms with van der Waals surface area (Å²) in [7, 11) is 0. The van der Waals surface area contributed by atoms with Crippen LogP contribution in [-0.2, 0) is 4.79 Å². The van der Waals surface area contributed by atoms with E-state index >= 15 is 0 Å². The lowest BCUT2D eigenvalue weighted by molar-refractivity contribution is -0.119. The van der Waals surface area contributed by atoms with Crippen molar-refractivity contribution in [1.82, 2.24) is 0 Å². The topological polar surface area (TPSA) is 40.9 Å². The molecule has 0 aliphatic rings. The van der Waals surface area contributed by atoms with Crippen LogP contribution in [-0.4, -0.2) is 5.78 Å². The van der Waals surface area contributed by atoms with Crippen LogP contribution in [0.5, 0.6) is 0 Å². The first kappa shape index (κ1) is 9.47. The molecule has 13 heavy (non-hydrogen) atoms. The highest BCUT2D eigenvalue weighted by Crippen LogP contribution is 2.16. The fourth-order valence-electron chi connectivity index (χ4n) is 1.16. The fourth-order valence-corrected chi connectivity index (χ4v) is 1.16. The lowest BCUT2D eigenvalue weighted by Gasteiger charge is -2.07. The number of benzene rings is 1. The molecule has 0 radical (unpaired) electrons. The molecule has 66 valence electrons. The van der Waals surface area contributed by atoms with Crippen molar-refractivity contribution in [2.75, 3.05) is 0 Å². The van der Waals surface area contributed by atoms with Crippen molar-refractivity contribution < 1.29 is 4.79 Å². The molecule has 0 aliphatic heterocycles. The minimum Gasteiger partial charge on any atom is -0.298 e. The summed E-state index contributed by atoms with van der Waals surface area (Å²) >= 11 is 0. The van der Waals surface area contributed by atoms with Crippen LogP contribution < -0.4 is 0 Å². The summed E-state index contributed by atoms with van der Waals surface area (Å²) < 4.78 is 0. The third kappa shape index (κ3) is 2.41. The minimum absolute atomic E-state index is 0.00391. The van der Waals surface area contributed by atoms with E-state index in [-0.39, 0.29) is 18.1 Å². The second-order valence-electron chi connectivity index (χ2n) is 2.93. The number of hydrogen-bond donors (Lipinski definition) is 0. The Morgan fingerprint density at radius 3 is 2.62 bits per heavy atom. The Kier molecular flexibility index (Phi) is 3.22. The van der Waals surface area contributed by atoms with Gasteiger partial charge in [0.1, 0.15) is 0 Å². The van der Waals surface area contributed by atoms with Gasteiger partial charge in [0.15, 0.2) is 5.78 Å². The van der Waals surface area contributed by atoms with Gasteiger partial charge in [-0.05, 0) is 5.56 Å². The van der Waals surface area contributed by atoms with Crippen molar-refractivity contribution in [1.29, 1.82) is 5.26 Å². The van der Waals surface area contributed by atoms with Gasteiger partial charge in [-0.2, -0.15) is 5.26 Å². The maximum absolute atomic E-state index is 11.3. The summed E-state index contributed by atoms with van der Waals surface area (Å²) in [6, 6.07) is 11.4. The molecular formula is C11H11NO. The first-order valence-corrected chi connectivity index (χ1v) is 4.20. The molecule has 1 aromatic carbocycles. The zero-order chi connectivity index (χ0) is 9.68. The molecule has 0 aromatic heterocycles. The Bertz CT molecular complexity index is 324. The molecule has 0 aliphatic carbocycles. The van der Waals surface area contributed by atoms with E-state index in [0.29, 0.717) is 0 Å². The van der Waals surface area contributed by atoms with E-state index in [1.165, 1.54) is 0 Å². The summed E-state index contributed by atoms with van der Waals surface area (Å²) in [5.41, 5.74) is 0.975. The van der Waals surface area contributed by atoms with Gasteiger partial charge in [0, 0.05) is 5.92 Å². The molecule has 0 bridgehead atoms. The third-order valence-corrected chi connectivity index (χ3v) is 2.04. The average molecular weight is 173 g/mol. The number of Topliss-reactive ketones (excluding diaryl/α,β-unsaturated/α-hetero) is 1. The van der Waals surface area contributed by atoms with E-state index < -0.39 is 0 Å². The SMILES string of the molecule is CC(C(=O)CC#N)c1ccccc1. The van der Waals surface area contributed by atoms with Crippen molar-refractivity contribution >= 4 is 5.78 Å². The van der Waals surface area contributed by atoms with E-state index in [1.54, 1.807) is 0 Å². The second kappa shape index (κ2) is 4.42. The van der Waals surface area contributed by atoms with Crippen molar-refractivity contribution in [3.05, 3.63) is 35.9 Å². The van der Waals surface area contributed by atoms with Crippen LogP contribution in [0.2, 0.25) is 0 Å². The summed E-state index contributed by atoms with van der Waals surface area (Å²) in [4.78, 5) is 11.3. The van der Waals surface area contributed by atoms with Gasteiger partial charge < -0.3 is 0 Å². The van der Waals surface area contributed by atoms with Crippen LogP contribution >= 0.6 is 0 Å². The molecule has 0 fully saturated rings. The van der Waals surface area contributed by atoms with Crippen molar-refractivity contribution in [3.63, 3.8) is 0 Å². The number of ketones is 1. The monoisotopic (exact) mass is 173 g/mol. The molecule has 0 saturated heterocycles. The van der Waals surface area contributed by atoms with Crippen LogP contribution in [0.3, 0.4) is 0 Å². The molecular weight excluding hydrogens is 162 g/mol. The highest BCUT2D eigenvalue weighted by atomic mass is 16.1. The Labute approximate surface area is 77.8 Å². The maximum Gasteiger partial charge on any atom is 0.154 e. The predicted octanol–water partition coefficient (Wildman–Crippen LogP) is 2.27. The van der Waals surface area contributed by atoms with E-state index in [4.69, 9.17) is 5.26 Å². The van der Waals surface area contributed by atoms with Gasteiger partial charge in [-0.3, -0.25) is 4.79 Å². The summed E-state index contributed by atoms with van der Waals surface area (Å²) in [5.74, 6) is -0.186. The Hall–Kier alpha value is -1.62. The normalized spacial score (nSPS) is 11.7. The first-order valence-electron chi connectivity index (χ1n) is 4.20. The molecule has 0 N–H and O–H groups in total. The fraction of sp³-hybridized carbons (Fsp3) is 0.273. The van der Waals surface area contributed by atoms with E-state index in [2.05, 4.69) is 0 Å². The zero-order valence-corrected chi connectivity index (χ0v) is 7.53. The van der Waals surface area contributed by atoms with Crippen molar-refractivity contribution in [2.45, 2.75) is 19.3 Å². The molecule has 1 unspecified atom stereocenters. The summed E-state index contributed by atoms with van der Waals surface area (Å²) in [6.07, 6.45) is -0.00391. The van der Waals surface area contributed by atoms with E-state index in [0.717, 1.165) is 5.56 Å². The van der Waals surface area contributed by atoms with Crippen LogP contribution in [0.4, 0.5) is 0 Å². The summed E-state index contributed by atoms with van der Waals surface area (Å²) in [6.45, 7) is 1.83. The molecule has 0 saturated carbocycles. The lowest BCUT2D eigenvalue weighted by atomic mass is 9.95. The van der Waals surface area contributed by atoms with Gasteiger partial charge in [0.25, 0.3) is 0 Å². The predicted molar refractivity (Wildman–Crippen MR) is 50.1 cm³/mol. The van der Waals surface area contributed by atoms with Crippen LogP contribution in [0.1, 0.15) is 24.8 Å². The minimum atomic E-state index is -0.166. The van der Waals surface area contributed by atoms with Gasteiger partial charge in [-0.25, -0.2) is 0 Å². The highest BCUT2D eigenvalue weighted by molar-refractivity contribution is 5.86. The van der Waals surface area contributed by atoms with Crippen molar-refractivity contribution in [2.24, 2.45) is 0 Å². The number of carbonyl (C=O) groups is 1. The number of carbonyl (C=O) groups excluding carboxylic acids is 1. The molecule has 1 rings (SSSR count). The van der Waals surface area contributed by atoms with Crippen LogP contribution in [0.15, 0.2) is 30.3 Å². The molecule has 2 nitrogen and oxygen atoms in total. The van der Waals surface area contributed by atoms with Crippen LogP contribution in [0, 0.1) is 11.3 Å². The Morgan fingerprint density at radius 1 is 1.46 bits per heavy atom. The van der Waals surface area contributed by atoms with Gasteiger partial charge >= 0.3 is 0 Å². The number of nitrogens with zero attached hydrogens (tertiary/aromatic N) is 1. The van der Waals surface area contributed by atoms with E-state index in [1.807, 2.05) is 43.3 Å². The number of rotatable bonds is 3. The molecule has 0 amide bonds. The molecule has 2 heteroatoms. The summed E-state index contributed by atoms with van der Waals surface area (Å²) in [5, 5.41) is 8.36. The maximum atomic E-state index is 11.3. The van der Waals surface area contributed by atoms with Gasteiger partial charge in [0.05, 0.1) is 12.5 Å². The second-order valence-corrected chi connectivity index (χ2v) is 2.93. The first-order chi connectivity index (χ1) is 6.25. The zero-order valence-electron chi connectivity index (χ0n) is 7.53. The number of nitriles is 1.